The predicted octanol–water partition coefficient (Wildman–Crippen LogP) is 1.71. The van der Waals surface area contributed by atoms with Gasteiger partial charge in [0.25, 0.3) is 5.56 Å². The lowest BCUT2D eigenvalue weighted by molar-refractivity contribution is -0.116. The maximum atomic E-state index is 13.3. The summed E-state index contributed by atoms with van der Waals surface area (Å²) in [5.41, 5.74) is 0.00278. The highest BCUT2D eigenvalue weighted by Gasteiger charge is 2.21. The van der Waals surface area contributed by atoms with Crippen LogP contribution < -0.4 is 30.8 Å². The summed E-state index contributed by atoms with van der Waals surface area (Å²) in [5.74, 6) is 0.727. The standard InChI is InChI=1S/C22H26N4O6/c1-6-13-11-23-20-18(19(13)32-7-2)21(28)26(22(29)25(20)3)12-17(27)24-15-10-14(30-4)8-9-16(15)31-5/h8-11H,6-7,12H2,1-5H3,(H,24,27). The van der Waals surface area contributed by atoms with Crippen LogP contribution in [0, 0.1) is 0 Å². The van der Waals surface area contributed by atoms with Crippen molar-refractivity contribution in [3.63, 3.8) is 0 Å². The van der Waals surface area contributed by atoms with Crippen molar-refractivity contribution in [2.75, 3.05) is 26.1 Å². The Morgan fingerprint density at radius 3 is 2.53 bits per heavy atom. The molecular weight excluding hydrogens is 416 g/mol. The maximum absolute atomic E-state index is 13.3. The molecule has 10 nitrogen and oxygen atoms in total. The number of carbonyl (C=O) groups is 1. The minimum absolute atomic E-state index is 0.167. The van der Waals surface area contributed by atoms with Crippen LogP contribution in [0.5, 0.6) is 17.2 Å². The summed E-state index contributed by atoms with van der Waals surface area (Å²) in [6, 6.07) is 4.91. The summed E-state index contributed by atoms with van der Waals surface area (Å²) >= 11 is 0. The number of pyridine rings is 1. The van der Waals surface area contributed by atoms with E-state index >= 15 is 0 Å². The minimum atomic E-state index is -0.658. The molecule has 0 fully saturated rings. The van der Waals surface area contributed by atoms with Crippen LogP contribution in [0.2, 0.25) is 0 Å². The van der Waals surface area contributed by atoms with Crippen molar-refractivity contribution in [1.29, 1.82) is 0 Å². The van der Waals surface area contributed by atoms with Crippen molar-refractivity contribution in [3.8, 4) is 17.2 Å². The number of anilines is 1. The fraction of sp³-hybridized carbons (Fsp3) is 0.364. The molecule has 0 unspecified atom stereocenters. The second-order valence-electron chi connectivity index (χ2n) is 6.95. The number of hydrogen-bond donors (Lipinski definition) is 1. The number of aromatic nitrogens is 3. The van der Waals surface area contributed by atoms with Gasteiger partial charge in [-0.25, -0.2) is 14.3 Å². The van der Waals surface area contributed by atoms with E-state index in [-0.39, 0.29) is 11.0 Å². The Kier molecular flexibility index (Phi) is 6.82. The summed E-state index contributed by atoms with van der Waals surface area (Å²) in [6.07, 6.45) is 2.19. The number of carbonyl (C=O) groups excluding carboxylic acids is 1. The van der Waals surface area contributed by atoms with Gasteiger partial charge in [-0.1, -0.05) is 6.92 Å². The van der Waals surface area contributed by atoms with Crippen molar-refractivity contribution in [3.05, 3.63) is 50.8 Å². The summed E-state index contributed by atoms with van der Waals surface area (Å²) in [5, 5.41) is 2.84. The molecule has 0 aliphatic heterocycles. The Hall–Kier alpha value is -3.82. The molecule has 0 saturated heterocycles. The van der Waals surface area contributed by atoms with Crippen molar-refractivity contribution in [1.82, 2.24) is 14.1 Å². The van der Waals surface area contributed by atoms with Gasteiger partial charge in [0, 0.05) is 24.9 Å². The van der Waals surface area contributed by atoms with E-state index in [1.165, 1.54) is 25.8 Å². The van der Waals surface area contributed by atoms with E-state index in [9.17, 15) is 14.4 Å². The number of ether oxygens (including phenoxy) is 3. The van der Waals surface area contributed by atoms with Crippen LogP contribution in [0.3, 0.4) is 0 Å². The monoisotopic (exact) mass is 442 g/mol. The number of methoxy groups -OCH3 is 2. The molecule has 0 bridgehead atoms. The number of benzene rings is 1. The molecule has 0 saturated carbocycles. The Labute approximate surface area is 184 Å². The van der Waals surface area contributed by atoms with E-state index in [4.69, 9.17) is 14.2 Å². The van der Waals surface area contributed by atoms with Crippen molar-refractivity contribution in [2.24, 2.45) is 7.05 Å². The molecule has 3 rings (SSSR count). The maximum Gasteiger partial charge on any atom is 0.332 e. The fourth-order valence-electron chi connectivity index (χ4n) is 3.41. The zero-order valence-electron chi connectivity index (χ0n) is 18.7. The highest BCUT2D eigenvalue weighted by atomic mass is 16.5. The molecule has 170 valence electrons. The second-order valence-corrected chi connectivity index (χ2v) is 6.95. The average Bonchev–Trinajstić information content (AvgIpc) is 2.80. The molecule has 2 aromatic heterocycles. The molecule has 2 heterocycles. The molecule has 0 atom stereocenters. The smallest absolute Gasteiger partial charge is 0.332 e. The highest BCUT2D eigenvalue weighted by molar-refractivity contribution is 5.92. The Morgan fingerprint density at radius 1 is 1.16 bits per heavy atom. The van der Waals surface area contributed by atoms with Crippen molar-refractivity contribution >= 4 is 22.6 Å². The molecule has 10 heteroatoms. The summed E-state index contributed by atoms with van der Waals surface area (Å²) in [4.78, 5) is 43.2. The quantitative estimate of drug-likeness (QED) is 0.565. The van der Waals surface area contributed by atoms with Crippen LogP contribution in [-0.4, -0.2) is 40.9 Å². The van der Waals surface area contributed by atoms with Gasteiger partial charge in [-0.3, -0.25) is 14.2 Å². The highest BCUT2D eigenvalue weighted by Crippen LogP contribution is 2.29. The van der Waals surface area contributed by atoms with Crippen LogP contribution >= 0.6 is 0 Å². The van der Waals surface area contributed by atoms with Gasteiger partial charge < -0.3 is 19.5 Å². The van der Waals surface area contributed by atoms with E-state index in [2.05, 4.69) is 10.3 Å². The number of nitrogens with one attached hydrogen (secondary N) is 1. The summed E-state index contributed by atoms with van der Waals surface area (Å²) < 4.78 is 18.3. The number of amides is 1. The van der Waals surface area contributed by atoms with Crippen LogP contribution in [0.25, 0.3) is 11.0 Å². The number of rotatable bonds is 8. The first-order chi connectivity index (χ1) is 15.4. The SMILES string of the molecule is CCOc1c(CC)cnc2c1c(=O)n(CC(=O)Nc1cc(OC)ccc1OC)c(=O)n2C. The molecule has 32 heavy (non-hydrogen) atoms. The normalized spacial score (nSPS) is 10.8. The zero-order chi connectivity index (χ0) is 23.4. The fourth-order valence-corrected chi connectivity index (χ4v) is 3.41. The average molecular weight is 442 g/mol. The molecule has 1 aromatic carbocycles. The van der Waals surface area contributed by atoms with Gasteiger partial charge in [0.05, 0.1) is 26.5 Å². The molecule has 0 spiro atoms. The van der Waals surface area contributed by atoms with Gasteiger partial charge >= 0.3 is 5.69 Å². The Balaban J connectivity index is 2.08. The lowest BCUT2D eigenvalue weighted by atomic mass is 10.1. The molecule has 1 amide bonds. The van der Waals surface area contributed by atoms with E-state index in [1.54, 1.807) is 31.3 Å². The van der Waals surface area contributed by atoms with Crippen LogP contribution in [-0.2, 0) is 24.8 Å². The number of fused-ring (bicyclic) bond motifs is 1. The van der Waals surface area contributed by atoms with Crippen molar-refractivity contribution in [2.45, 2.75) is 26.8 Å². The first-order valence-electron chi connectivity index (χ1n) is 10.1. The summed E-state index contributed by atoms with van der Waals surface area (Å²) in [7, 11) is 4.47. The molecule has 0 aliphatic rings. The third-order valence-corrected chi connectivity index (χ3v) is 5.03. The van der Waals surface area contributed by atoms with E-state index < -0.39 is 23.7 Å². The van der Waals surface area contributed by atoms with Gasteiger partial charge in [0.15, 0.2) is 5.65 Å². The van der Waals surface area contributed by atoms with Crippen LogP contribution in [0.15, 0.2) is 34.0 Å². The van der Waals surface area contributed by atoms with E-state index in [1.807, 2.05) is 6.92 Å². The van der Waals surface area contributed by atoms with Crippen molar-refractivity contribution < 1.29 is 19.0 Å². The third kappa shape index (κ3) is 4.16. The molecule has 0 aliphatic carbocycles. The summed E-state index contributed by atoms with van der Waals surface area (Å²) in [6.45, 7) is 3.57. The molecule has 0 radical (unpaired) electrons. The Bertz CT molecular complexity index is 1280. The minimum Gasteiger partial charge on any atom is -0.497 e. The van der Waals surface area contributed by atoms with Gasteiger partial charge in [0.2, 0.25) is 5.91 Å². The Morgan fingerprint density at radius 2 is 1.91 bits per heavy atom. The van der Waals surface area contributed by atoms with E-state index in [0.29, 0.717) is 36.0 Å². The first kappa shape index (κ1) is 22.9. The zero-order valence-corrected chi connectivity index (χ0v) is 18.7. The molecule has 3 aromatic rings. The lowest BCUT2D eigenvalue weighted by Crippen LogP contribution is -2.42. The van der Waals surface area contributed by atoms with Crippen LogP contribution in [0.1, 0.15) is 19.4 Å². The number of nitrogens with zero attached hydrogens (tertiary/aromatic N) is 3. The second kappa shape index (κ2) is 9.54. The largest absolute Gasteiger partial charge is 0.497 e. The number of aryl methyl sites for hydroxylation is 2. The van der Waals surface area contributed by atoms with Gasteiger partial charge in [-0.05, 0) is 25.5 Å². The van der Waals surface area contributed by atoms with Gasteiger partial charge in [0.1, 0.15) is 29.2 Å². The van der Waals surface area contributed by atoms with Crippen LogP contribution in [0.4, 0.5) is 5.69 Å². The number of hydrogen-bond acceptors (Lipinski definition) is 7. The topological polar surface area (TPSA) is 114 Å². The van der Waals surface area contributed by atoms with Gasteiger partial charge in [-0.2, -0.15) is 0 Å². The molecular formula is C22H26N4O6. The molecule has 1 N–H and O–H groups in total. The predicted molar refractivity (Wildman–Crippen MR) is 120 cm³/mol. The third-order valence-electron chi connectivity index (χ3n) is 5.03. The van der Waals surface area contributed by atoms with Gasteiger partial charge in [-0.15, -0.1) is 0 Å². The lowest BCUT2D eigenvalue weighted by Gasteiger charge is -2.16. The first-order valence-corrected chi connectivity index (χ1v) is 10.1. The van der Waals surface area contributed by atoms with E-state index in [0.717, 1.165) is 10.1 Å².